The van der Waals surface area contributed by atoms with E-state index in [-0.39, 0.29) is 12.2 Å². The van der Waals surface area contributed by atoms with Gasteiger partial charge in [-0.1, -0.05) is 65.5 Å². The molecule has 0 aliphatic carbocycles. The molecule has 0 fully saturated rings. The standard InChI is InChI=1S/C42H48O8/c1-7-29(8-2)23-27(5)47-39(43)31-15-19-37(20-16-31)49-41(45)35-13-11-34-26-36(14-12-33(34)25-35)42(46)50-38-21-17-32(18-22-38)40(44)48-28(6)24-30(9-3)10-4/h11-22,25-30H,7-10,23-24H2,1-6H3/t27-,28-/m1/s1. The van der Waals surface area contributed by atoms with Crippen molar-refractivity contribution in [3.63, 3.8) is 0 Å². The van der Waals surface area contributed by atoms with Crippen LogP contribution in [0.4, 0.5) is 0 Å². The normalized spacial score (nSPS) is 12.4. The van der Waals surface area contributed by atoms with Gasteiger partial charge in [-0.2, -0.15) is 0 Å². The third kappa shape index (κ3) is 10.5. The molecule has 0 spiro atoms. The van der Waals surface area contributed by atoms with Crippen molar-refractivity contribution < 1.29 is 38.1 Å². The zero-order valence-corrected chi connectivity index (χ0v) is 29.9. The Balaban J connectivity index is 1.32. The predicted molar refractivity (Wildman–Crippen MR) is 194 cm³/mol. The SMILES string of the molecule is CCC(CC)C[C@@H](C)OC(=O)c1ccc(OC(=O)c2ccc3cc(C(=O)Oc4ccc(C(=O)O[C@H](C)CC(CC)CC)cc4)ccc3c2)cc1. The fourth-order valence-corrected chi connectivity index (χ4v) is 5.93. The lowest BCUT2D eigenvalue weighted by Gasteiger charge is -2.18. The van der Waals surface area contributed by atoms with Crippen LogP contribution in [0.5, 0.6) is 11.5 Å². The Morgan fingerprint density at radius 1 is 0.460 bits per heavy atom. The Morgan fingerprint density at radius 3 is 1.10 bits per heavy atom. The Hall–Kier alpha value is -4.98. The van der Waals surface area contributed by atoms with Gasteiger partial charge < -0.3 is 18.9 Å². The van der Waals surface area contributed by atoms with Gasteiger partial charge in [0, 0.05) is 0 Å². The molecule has 4 aromatic rings. The van der Waals surface area contributed by atoms with E-state index >= 15 is 0 Å². The molecule has 0 saturated heterocycles. The molecular formula is C42H48O8. The Labute approximate surface area is 295 Å². The fourth-order valence-electron chi connectivity index (χ4n) is 5.93. The van der Waals surface area contributed by atoms with Crippen molar-refractivity contribution >= 4 is 34.6 Å². The highest BCUT2D eigenvalue weighted by Crippen LogP contribution is 2.24. The minimum absolute atomic E-state index is 0.186. The smallest absolute Gasteiger partial charge is 0.343 e. The molecule has 0 aromatic heterocycles. The fraction of sp³-hybridized carbons (Fsp3) is 0.381. The van der Waals surface area contributed by atoms with Crippen LogP contribution in [0.3, 0.4) is 0 Å². The number of carbonyl (C=O) groups excluding carboxylic acids is 4. The molecule has 0 unspecified atom stereocenters. The van der Waals surface area contributed by atoms with Crippen molar-refractivity contribution in [1.82, 2.24) is 0 Å². The molecule has 0 saturated carbocycles. The Kier molecular flexibility index (Phi) is 13.7. The molecule has 0 radical (unpaired) electrons. The maximum atomic E-state index is 12.9. The van der Waals surface area contributed by atoms with Gasteiger partial charge in [0.25, 0.3) is 0 Å². The van der Waals surface area contributed by atoms with E-state index in [2.05, 4.69) is 27.7 Å². The molecule has 0 aliphatic heterocycles. The lowest BCUT2D eigenvalue weighted by atomic mass is 9.97. The molecule has 0 heterocycles. The highest BCUT2D eigenvalue weighted by atomic mass is 16.6. The monoisotopic (exact) mass is 680 g/mol. The number of esters is 4. The third-order valence-corrected chi connectivity index (χ3v) is 9.17. The van der Waals surface area contributed by atoms with Crippen molar-refractivity contribution in [2.24, 2.45) is 11.8 Å². The van der Waals surface area contributed by atoms with Gasteiger partial charge >= 0.3 is 23.9 Å². The summed E-state index contributed by atoms with van der Waals surface area (Å²) in [6.45, 7) is 12.4. The summed E-state index contributed by atoms with van der Waals surface area (Å²) < 4.78 is 22.3. The first-order chi connectivity index (χ1) is 24.0. The second-order valence-electron chi connectivity index (χ2n) is 12.9. The van der Waals surface area contributed by atoms with E-state index in [0.29, 0.717) is 45.6 Å². The molecule has 0 aliphatic rings. The third-order valence-electron chi connectivity index (χ3n) is 9.17. The van der Waals surface area contributed by atoms with Crippen LogP contribution in [-0.2, 0) is 9.47 Å². The summed E-state index contributed by atoms with van der Waals surface area (Å²) in [6.07, 6.45) is 5.44. The van der Waals surface area contributed by atoms with Crippen LogP contribution in [0.2, 0.25) is 0 Å². The molecular weight excluding hydrogens is 632 g/mol. The first-order valence-electron chi connectivity index (χ1n) is 17.6. The average molecular weight is 681 g/mol. The van der Waals surface area contributed by atoms with E-state index in [4.69, 9.17) is 18.9 Å². The molecule has 8 heteroatoms. The van der Waals surface area contributed by atoms with E-state index in [1.807, 2.05) is 13.8 Å². The van der Waals surface area contributed by atoms with E-state index in [0.717, 1.165) is 49.3 Å². The minimum atomic E-state index is -0.558. The maximum Gasteiger partial charge on any atom is 0.343 e. The number of hydrogen-bond donors (Lipinski definition) is 0. The Bertz CT molecular complexity index is 1620. The van der Waals surface area contributed by atoms with Crippen molar-refractivity contribution in [1.29, 1.82) is 0 Å². The van der Waals surface area contributed by atoms with Gasteiger partial charge in [-0.3, -0.25) is 0 Å². The second kappa shape index (κ2) is 18.1. The lowest BCUT2D eigenvalue weighted by Crippen LogP contribution is -2.18. The molecule has 0 N–H and O–H groups in total. The van der Waals surface area contributed by atoms with Crippen LogP contribution in [-0.4, -0.2) is 36.1 Å². The highest BCUT2D eigenvalue weighted by molar-refractivity contribution is 6.00. The average Bonchev–Trinajstić information content (AvgIpc) is 3.12. The van der Waals surface area contributed by atoms with Gasteiger partial charge in [-0.15, -0.1) is 0 Å². The van der Waals surface area contributed by atoms with Crippen molar-refractivity contribution in [3.8, 4) is 11.5 Å². The van der Waals surface area contributed by atoms with Gasteiger partial charge in [0.2, 0.25) is 0 Å². The van der Waals surface area contributed by atoms with E-state index in [9.17, 15) is 19.2 Å². The summed E-state index contributed by atoms with van der Waals surface area (Å²) >= 11 is 0. The van der Waals surface area contributed by atoms with Crippen LogP contribution < -0.4 is 9.47 Å². The molecule has 4 aromatic carbocycles. The molecule has 2 atom stereocenters. The topological polar surface area (TPSA) is 105 Å². The second-order valence-corrected chi connectivity index (χ2v) is 12.9. The summed E-state index contributed by atoms with van der Waals surface area (Å²) in [4.78, 5) is 51.0. The zero-order valence-electron chi connectivity index (χ0n) is 29.9. The Morgan fingerprint density at radius 2 is 0.780 bits per heavy atom. The molecule has 264 valence electrons. The van der Waals surface area contributed by atoms with Crippen LogP contribution in [0.25, 0.3) is 10.8 Å². The van der Waals surface area contributed by atoms with Crippen molar-refractivity contribution in [2.45, 2.75) is 92.3 Å². The summed E-state index contributed by atoms with van der Waals surface area (Å²) in [7, 11) is 0. The lowest BCUT2D eigenvalue weighted by molar-refractivity contribution is 0.0275. The highest BCUT2D eigenvalue weighted by Gasteiger charge is 2.18. The van der Waals surface area contributed by atoms with Gasteiger partial charge in [0.05, 0.1) is 34.5 Å². The number of fused-ring (bicyclic) bond motifs is 1. The summed E-state index contributed by atoms with van der Waals surface area (Å²) in [5.74, 6) is -0.311. The molecule has 8 nitrogen and oxygen atoms in total. The van der Waals surface area contributed by atoms with Crippen LogP contribution in [0.15, 0.2) is 84.9 Å². The van der Waals surface area contributed by atoms with Gasteiger partial charge in [0.15, 0.2) is 0 Å². The predicted octanol–water partition coefficient (Wildman–Crippen LogP) is 10.0. The van der Waals surface area contributed by atoms with E-state index in [1.165, 1.54) is 0 Å². The molecule has 0 amide bonds. The van der Waals surface area contributed by atoms with Crippen LogP contribution >= 0.6 is 0 Å². The number of ether oxygens (including phenoxy) is 4. The zero-order chi connectivity index (χ0) is 36.2. The maximum absolute atomic E-state index is 12.9. The first kappa shape index (κ1) is 37.8. The molecule has 50 heavy (non-hydrogen) atoms. The van der Waals surface area contributed by atoms with Crippen molar-refractivity contribution in [2.75, 3.05) is 0 Å². The summed E-state index contributed by atoms with van der Waals surface area (Å²) in [6, 6.07) is 22.6. The molecule has 4 rings (SSSR count). The minimum Gasteiger partial charge on any atom is -0.459 e. The quantitative estimate of drug-likeness (QED) is 0.0851. The first-order valence-corrected chi connectivity index (χ1v) is 17.6. The largest absolute Gasteiger partial charge is 0.459 e. The summed E-state index contributed by atoms with van der Waals surface area (Å²) in [5, 5.41) is 1.47. The number of benzene rings is 4. The van der Waals surface area contributed by atoms with Gasteiger partial charge in [-0.25, -0.2) is 19.2 Å². The number of rotatable bonds is 16. The van der Waals surface area contributed by atoms with E-state index < -0.39 is 23.9 Å². The van der Waals surface area contributed by atoms with Crippen molar-refractivity contribution in [3.05, 3.63) is 107 Å². The molecule has 0 bridgehead atoms. The summed E-state index contributed by atoms with van der Waals surface area (Å²) in [5.41, 5.74) is 1.43. The van der Waals surface area contributed by atoms with Gasteiger partial charge in [-0.05, 0) is 122 Å². The number of carbonyl (C=O) groups is 4. The number of hydrogen-bond acceptors (Lipinski definition) is 8. The van der Waals surface area contributed by atoms with Crippen LogP contribution in [0, 0.1) is 11.8 Å². The van der Waals surface area contributed by atoms with E-state index in [1.54, 1.807) is 84.9 Å². The van der Waals surface area contributed by atoms with Crippen LogP contribution in [0.1, 0.15) is 121 Å². The van der Waals surface area contributed by atoms with Gasteiger partial charge in [0.1, 0.15) is 11.5 Å².